The zero-order chi connectivity index (χ0) is 11.5. The number of nitrogens with one attached hydrogen (secondary N) is 1. The lowest BCUT2D eigenvalue weighted by Crippen LogP contribution is -2.10. The molecule has 0 bridgehead atoms. The van der Waals surface area contributed by atoms with Gasteiger partial charge in [-0.3, -0.25) is 19.9 Å². The molecule has 2 aromatic rings. The Labute approximate surface area is 89.7 Å². The van der Waals surface area contributed by atoms with Gasteiger partial charge in [0.15, 0.2) is 0 Å². The van der Waals surface area contributed by atoms with Gasteiger partial charge in [0.2, 0.25) is 0 Å². The van der Waals surface area contributed by atoms with Gasteiger partial charge in [0.25, 0.3) is 0 Å². The first-order valence-corrected chi connectivity index (χ1v) is 4.46. The largest absolute Gasteiger partial charge is 0.334 e. The van der Waals surface area contributed by atoms with Crippen molar-refractivity contribution in [3.8, 4) is 11.1 Å². The minimum atomic E-state index is -0.706. The lowest BCUT2D eigenvalue weighted by molar-refractivity contribution is -0.386. The number of rotatable bonds is 2. The third-order valence-corrected chi connectivity index (χ3v) is 2.09. The summed E-state index contributed by atoms with van der Waals surface area (Å²) in [5.74, 6) is 0. The Morgan fingerprint density at radius 1 is 1.25 bits per heavy atom. The van der Waals surface area contributed by atoms with Crippen molar-refractivity contribution in [2.45, 2.75) is 0 Å². The van der Waals surface area contributed by atoms with E-state index in [1.165, 1.54) is 12.3 Å². The average Bonchev–Trinajstić information content (AvgIpc) is 2.30. The standard InChI is InChI=1S/C10H7N3O3/c14-10-9(13(15)16)5-8(6-12-10)7-1-3-11-4-2-7/h1-6H,(H,12,14). The maximum absolute atomic E-state index is 11.1. The molecule has 0 atom stereocenters. The topological polar surface area (TPSA) is 88.9 Å². The SMILES string of the molecule is O=c1[nH]cc(-c2ccncc2)cc1[N+](=O)[O-]. The zero-order valence-electron chi connectivity index (χ0n) is 8.08. The molecule has 80 valence electrons. The lowest BCUT2D eigenvalue weighted by Gasteiger charge is -1.99. The summed E-state index contributed by atoms with van der Waals surface area (Å²) in [5.41, 5.74) is 0.167. The Kier molecular flexibility index (Phi) is 2.47. The molecule has 2 aromatic heterocycles. The molecule has 0 fully saturated rings. The summed E-state index contributed by atoms with van der Waals surface area (Å²) < 4.78 is 0. The molecule has 0 aliphatic carbocycles. The molecule has 0 aromatic carbocycles. The van der Waals surface area contributed by atoms with Crippen LogP contribution in [0.1, 0.15) is 0 Å². The molecule has 0 saturated carbocycles. The molecular weight excluding hydrogens is 210 g/mol. The summed E-state index contributed by atoms with van der Waals surface area (Å²) in [6.45, 7) is 0. The highest BCUT2D eigenvalue weighted by molar-refractivity contribution is 5.63. The van der Waals surface area contributed by atoms with E-state index in [1.807, 2.05) is 0 Å². The summed E-state index contributed by atoms with van der Waals surface area (Å²) in [6.07, 6.45) is 4.59. The first-order valence-electron chi connectivity index (χ1n) is 4.46. The predicted octanol–water partition coefficient (Wildman–Crippen LogP) is 1.35. The Hall–Kier alpha value is -2.50. The van der Waals surface area contributed by atoms with E-state index in [-0.39, 0.29) is 0 Å². The fourth-order valence-corrected chi connectivity index (χ4v) is 1.32. The summed E-state index contributed by atoms with van der Waals surface area (Å²) in [7, 11) is 0. The van der Waals surface area contributed by atoms with E-state index >= 15 is 0 Å². The molecular formula is C10H7N3O3. The van der Waals surface area contributed by atoms with Gasteiger partial charge >= 0.3 is 11.2 Å². The minimum Gasteiger partial charge on any atom is -0.323 e. The first kappa shape index (κ1) is 10.0. The lowest BCUT2D eigenvalue weighted by atomic mass is 10.1. The third-order valence-electron chi connectivity index (χ3n) is 2.09. The normalized spacial score (nSPS) is 10.0. The number of nitrogens with zero attached hydrogens (tertiary/aromatic N) is 2. The van der Waals surface area contributed by atoms with Gasteiger partial charge in [0.05, 0.1) is 4.92 Å². The second kappa shape index (κ2) is 3.93. The molecule has 0 aliphatic heterocycles. The zero-order valence-corrected chi connectivity index (χ0v) is 8.08. The van der Waals surface area contributed by atoms with E-state index in [1.54, 1.807) is 24.5 Å². The fraction of sp³-hybridized carbons (Fsp3) is 0. The highest BCUT2D eigenvalue weighted by Crippen LogP contribution is 2.19. The molecule has 0 aliphatic rings. The van der Waals surface area contributed by atoms with Crippen LogP contribution in [-0.4, -0.2) is 14.9 Å². The van der Waals surface area contributed by atoms with Crippen molar-refractivity contribution in [2.75, 3.05) is 0 Å². The molecule has 0 spiro atoms. The van der Waals surface area contributed by atoms with Gasteiger partial charge in [-0.2, -0.15) is 0 Å². The summed E-state index contributed by atoms with van der Waals surface area (Å²) in [6, 6.07) is 4.66. The maximum Gasteiger partial charge on any atom is 0.334 e. The first-order chi connectivity index (χ1) is 7.68. The molecule has 6 heteroatoms. The average molecular weight is 217 g/mol. The molecule has 2 rings (SSSR count). The molecule has 2 heterocycles. The van der Waals surface area contributed by atoms with Gasteiger partial charge in [-0.25, -0.2) is 0 Å². The van der Waals surface area contributed by atoms with Crippen molar-refractivity contribution in [3.63, 3.8) is 0 Å². The summed E-state index contributed by atoms with van der Waals surface area (Å²) in [5, 5.41) is 10.6. The Morgan fingerprint density at radius 2 is 1.94 bits per heavy atom. The maximum atomic E-state index is 11.1. The number of H-pyrrole nitrogens is 1. The van der Waals surface area contributed by atoms with Gasteiger partial charge < -0.3 is 4.98 Å². The van der Waals surface area contributed by atoms with Gasteiger partial charge in [-0.1, -0.05) is 0 Å². The Bertz CT molecular complexity index is 577. The molecule has 6 nitrogen and oxygen atoms in total. The number of hydrogen-bond donors (Lipinski definition) is 1. The van der Waals surface area contributed by atoms with Crippen molar-refractivity contribution in [1.29, 1.82) is 0 Å². The number of aromatic nitrogens is 2. The Balaban J connectivity index is 2.57. The van der Waals surface area contributed by atoms with Crippen LogP contribution in [0.3, 0.4) is 0 Å². The van der Waals surface area contributed by atoms with E-state index in [4.69, 9.17) is 0 Å². The number of aromatic amines is 1. The number of pyridine rings is 2. The molecule has 0 radical (unpaired) electrons. The molecule has 16 heavy (non-hydrogen) atoms. The number of nitro groups is 1. The van der Waals surface area contributed by atoms with Crippen LogP contribution < -0.4 is 5.56 Å². The fourth-order valence-electron chi connectivity index (χ4n) is 1.32. The smallest absolute Gasteiger partial charge is 0.323 e. The monoisotopic (exact) mass is 217 g/mol. The van der Waals surface area contributed by atoms with E-state index in [0.29, 0.717) is 5.56 Å². The predicted molar refractivity (Wildman–Crippen MR) is 56.9 cm³/mol. The molecule has 0 saturated heterocycles. The Morgan fingerprint density at radius 3 is 2.56 bits per heavy atom. The van der Waals surface area contributed by atoms with Crippen molar-refractivity contribution < 1.29 is 4.92 Å². The quantitative estimate of drug-likeness (QED) is 0.607. The van der Waals surface area contributed by atoms with Crippen LogP contribution in [-0.2, 0) is 0 Å². The second-order valence-electron chi connectivity index (χ2n) is 3.10. The van der Waals surface area contributed by atoms with Crippen LogP contribution in [0.15, 0.2) is 41.6 Å². The van der Waals surface area contributed by atoms with E-state index < -0.39 is 16.2 Å². The van der Waals surface area contributed by atoms with Crippen molar-refractivity contribution in [1.82, 2.24) is 9.97 Å². The van der Waals surface area contributed by atoms with Crippen LogP contribution in [0.4, 0.5) is 5.69 Å². The summed E-state index contributed by atoms with van der Waals surface area (Å²) >= 11 is 0. The van der Waals surface area contributed by atoms with Crippen LogP contribution >= 0.6 is 0 Å². The van der Waals surface area contributed by atoms with Crippen LogP contribution in [0.2, 0.25) is 0 Å². The highest BCUT2D eigenvalue weighted by atomic mass is 16.6. The second-order valence-corrected chi connectivity index (χ2v) is 3.10. The molecule has 1 N–H and O–H groups in total. The van der Waals surface area contributed by atoms with Gasteiger partial charge in [-0.15, -0.1) is 0 Å². The summed E-state index contributed by atoms with van der Waals surface area (Å²) in [4.78, 5) is 27.2. The van der Waals surface area contributed by atoms with Gasteiger partial charge in [0, 0.05) is 30.2 Å². The van der Waals surface area contributed by atoms with E-state index in [0.717, 1.165) is 5.56 Å². The molecule has 0 unspecified atom stereocenters. The van der Waals surface area contributed by atoms with Crippen molar-refractivity contribution >= 4 is 5.69 Å². The van der Waals surface area contributed by atoms with E-state index in [9.17, 15) is 14.9 Å². The van der Waals surface area contributed by atoms with Gasteiger partial charge in [0.1, 0.15) is 0 Å². The van der Waals surface area contributed by atoms with Crippen LogP contribution in [0, 0.1) is 10.1 Å². The third kappa shape index (κ3) is 1.81. The van der Waals surface area contributed by atoms with Gasteiger partial charge in [-0.05, 0) is 17.7 Å². The van der Waals surface area contributed by atoms with Crippen LogP contribution in [0.25, 0.3) is 11.1 Å². The minimum absolute atomic E-state index is 0.464. The van der Waals surface area contributed by atoms with Crippen molar-refractivity contribution in [3.05, 3.63) is 57.3 Å². The molecule has 0 amide bonds. The van der Waals surface area contributed by atoms with E-state index in [2.05, 4.69) is 9.97 Å². The van der Waals surface area contributed by atoms with Crippen molar-refractivity contribution in [2.24, 2.45) is 0 Å². The van der Waals surface area contributed by atoms with Crippen LogP contribution in [0.5, 0.6) is 0 Å². The highest BCUT2D eigenvalue weighted by Gasteiger charge is 2.13. The number of hydrogen-bond acceptors (Lipinski definition) is 4.